The molecule has 0 atom stereocenters. The second-order valence-electron chi connectivity index (χ2n) is 4.28. The van der Waals surface area contributed by atoms with E-state index in [1.165, 1.54) is 5.56 Å². The van der Waals surface area contributed by atoms with Crippen LogP contribution in [0.1, 0.15) is 5.56 Å². The molecule has 0 saturated carbocycles. The Balaban J connectivity index is 1.76. The van der Waals surface area contributed by atoms with Crippen LogP contribution in [-0.4, -0.2) is 11.7 Å². The summed E-state index contributed by atoms with van der Waals surface area (Å²) in [6, 6.07) is 19.2. The van der Waals surface area contributed by atoms with Crippen LogP contribution in [0.25, 0.3) is 0 Å². The first-order valence-corrected chi connectivity index (χ1v) is 7.48. The Morgan fingerprint density at radius 1 is 1.00 bits per heavy atom. The molecule has 0 radical (unpaired) electrons. The van der Waals surface area contributed by atoms with Crippen molar-refractivity contribution < 1.29 is 9.53 Å². The van der Waals surface area contributed by atoms with Crippen LogP contribution in [-0.2, 0) is 10.5 Å². The van der Waals surface area contributed by atoms with Crippen LogP contribution >= 0.6 is 11.8 Å². The highest BCUT2D eigenvalue weighted by Crippen LogP contribution is 2.16. The lowest BCUT2D eigenvalue weighted by Gasteiger charge is -2.06. The highest BCUT2D eigenvalue weighted by molar-refractivity contribution is 7.98. The smallest absolute Gasteiger partial charge is 0.339 e. The zero-order valence-electron chi connectivity index (χ0n) is 11.1. The van der Waals surface area contributed by atoms with Crippen molar-refractivity contribution in [1.82, 2.24) is 0 Å². The van der Waals surface area contributed by atoms with E-state index in [4.69, 9.17) is 4.74 Å². The Morgan fingerprint density at radius 3 is 2.25 bits per heavy atom. The third kappa shape index (κ3) is 4.59. The number of carbonyl (C=O) groups is 1. The molecule has 0 spiro atoms. The third-order valence-electron chi connectivity index (χ3n) is 2.63. The number of hydrogen-bond acceptors (Lipinski definition) is 3. The molecule has 2 aromatic rings. The topological polar surface area (TPSA) is 26.3 Å². The van der Waals surface area contributed by atoms with Gasteiger partial charge in [0, 0.05) is 17.1 Å². The number of para-hydroxylation sites is 1. The Kier molecular flexibility index (Phi) is 5.44. The molecule has 0 bridgehead atoms. The molecular weight excluding hydrogens is 268 g/mol. The molecule has 0 unspecified atom stereocenters. The van der Waals surface area contributed by atoms with Crippen LogP contribution in [0, 0.1) is 0 Å². The predicted molar refractivity (Wildman–Crippen MR) is 83.8 cm³/mol. The molecule has 2 rings (SSSR count). The van der Waals surface area contributed by atoms with E-state index in [1.807, 2.05) is 36.4 Å². The number of rotatable bonds is 6. The fraction of sp³-hybridized carbons (Fsp3) is 0.118. The molecule has 0 aliphatic carbocycles. The van der Waals surface area contributed by atoms with Gasteiger partial charge in [-0.2, -0.15) is 11.8 Å². The van der Waals surface area contributed by atoms with Crippen molar-refractivity contribution in [3.8, 4) is 5.75 Å². The third-order valence-corrected chi connectivity index (χ3v) is 3.72. The van der Waals surface area contributed by atoms with E-state index in [0.29, 0.717) is 17.1 Å². The van der Waals surface area contributed by atoms with E-state index in [0.717, 1.165) is 5.75 Å². The fourth-order valence-electron chi connectivity index (χ4n) is 1.59. The van der Waals surface area contributed by atoms with Crippen molar-refractivity contribution in [3.05, 3.63) is 78.4 Å². The van der Waals surface area contributed by atoms with Crippen molar-refractivity contribution in [1.29, 1.82) is 0 Å². The van der Waals surface area contributed by atoms with Crippen LogP contribution in [0.15, 0.2) is 72.8 Å². The van der Waals surface area contributed by atoms with Crippen LogP contribution in [0.2, 0.25) is 0 Å². The second kappa shape index (κ2) is 7.56. The number of hydrogen-bond donors (Lipinski definition) is 0. The summed E-state index contributed by atoms with van der Waals surface area (Å²) in [4.78, 5) is 11.8. The highest BCUT2D eigenvalue weighted by Gasteiger charge is 2.09. The van der Waals surface area contributed by atoms with Gasteiger partial charge in [-0.25, -0.2) is 4.79 Å². The Bertz CT molecular complexity index is 564. The molecule has 0 aliphatic rings. The van der Waals surface area contributed by atoms with Crippen LogP contribution in [0.5, 0.6) is 5.75 Å². The van der Waals surface area contributed by atoms with Gasteiger partial charge in [0.25, 0.3) is 0 Å². The molecule has 0 N–H and O–H groups in total. The number of thioether (sulfide) groups is 1. The van der Waals surface area contributed by atoms with Crippen LogP contribution in [0.4, 0.5) is 0 Å². The maximum Gasteiger partial charge on any atom is 0.339 e. The van der Waals surface area contributed by atoms with E-state index in [-0.39, 0.29) is 5.97 Å². The number of ether oxygens (including phenoxy) is 1. The lowest BCUT2D eigenvalue weighted by atomic mass is 10.2. The molecule has 102 valence electrons. The lowest BCUT2D eigenvalue weighted by molar-refractivity contribution is -0.130. The quantitative estimate of drug-likeness (QED) is 0.454. The summed E-state index contributed by atoms with van der Waals surface area (Å²) in [5, 5.41) is 0. The molecule has 0 aliphatic heterocycles. The lowest BCUT2D eigenvalue weighted by Crippen LogP contribution is -2.12. The average Bonchev–Trinajstić information content (AvgIpc) is 2.49. The Hall–Kier alpha value is -2.00. The number of carbonyl (C=O) groups excluding carboxylic acids is 1. The summed E-state index contributed by atoms with van der Waals surface area (Å²) >= 11 is 1.65. The molecule has 0 heterocycles. The minimum Gasteiger partial charge on any atom is -0.423 e. The van der Waals surface area contributed by atoms with Gasteiger partial charge in [0.1, 0.15) is 5.75 Å². The van der Waals surface area contributed by atoms with Gasteiger partial charge in [0.15, 0.2) is 0 Å². The maximum absolute atomic E-state index is 11.8. The van der Waals surface area contributed by atoms with Gasteiger partial charge in [-0.15, -0.1) is 0 Å². The zero-order valence-corrected chi connectivity index (χ0v) is 11.9. The SMILES string of the molecule is C=C(CSCc1ccccc1)C(=O)Oc1ccccc1. The van der Waals surface area contributed by atoms with E-state index < -0.39 is 0 Å². The summed E-state index contributed by atoms with van der Waals surface area (Å²) in [5.74, 6) is 1.61. The van der Waals surface area contributed by atoms with Gasteiger partial charge in [-0.1, -0.05) is 55.1 Å². The molecule has 0 amide bonds. The highest BCUT2D eigenvalue weighted by atomic mass is 32.2. The molecule has 2 aromatic carbocycles. The summed E-state index contributed by atoms with van der Waals surface area (Å²) < 4.78 is 5.23. The predicted octanol–water partition coefficient (Wildman–Crippen LogP) is 4.08. The number of esters is 1. The van der Waals surface area contributed by atoms with E-state index >= 15 is 0 Å². The fourth-order valence-corrected chi connectivity index (χ4v) is 2.49. The minimum atomic E-state index is -0.364. The van der Waals surface area contributed by atoms with Gasteiger partial charge >= 0.3 is 5.97 Å². The minimum absolute atomic E-state index is 0.364. The summed E-state index contributed by atoms with van der Waals surface area (Å²) in [6.45, 7) is 3.79. The monoisotopic (exact) mass is 284 g/mol. The van der Waals surface area contributed by atoms with Crippen molar-refractivity contribution in [3.63, 3.8) is 0 Å². The van der Waals surface area contributed by atoms with Crippen LogP contribution in [0.3, 0.4) is 0 Å². The van der Waals surface area contributed by atoms with Crippen molar-refractivity contribution in [2.45, 2.75) is 5.75 Å². The van der Waals surface area contributed by atoms with Gasteiger partial charge in [-0.3, -0.25) is 0 Å². The zero-order chi connectivity index (χ0) is 14.2. The van der Waals surface area contributed by atoms with E-state index in [2.05, 4.69) is 18.7 Å². The van der Waals surface area contributed by atoms with Gasteiger partial charge in [0.2, 0.25) is 0 Å². The van der Waals surface area contributed by atoms with Crippen molar-refractivity contribution in [2.24, 2.45) is 0 Å². The first-order chi connectivity index (χ1) is 9.75. The molecule has 2 nitrogen and oxygen atoms in total. The van der Waals surface area contributed by atoms with E-state index in [9.17, 15) is 4.79 Å². The van der Waals surface area contributed by atoms with E-state index in [1.54, 1.807) is 23.9 Å². The summed E-state index contributed by atoms with van der Waals surface area (Å²) in [5.41, 5.74) is 1.72. The average molecular weight is 284 g/mol. The maximum atomic E-state index is 11.8. The number of benzene rings is 2. The van der Waals surface area contributed by atoms with Gasteiger partial charge < -0.3 is 4.74 Å². The molecule has 0 aromatic heterocycles. The standard InChI is InChI=1S/C17H16O2S/c1-14(12-20-13-15-8-4-2-5-9-15)17(18)19-16-10-6-3-7-11-16/h2-11H,1,12-13H2. The molecule has 3 heteroatoms. The summed E-state index contributed by atoms with van der Waals surface area (Å²) in [6.07, 6.45) is 0. The first-order valence-electron chi connectivity index (χ1n) is 6.32. The van der Waals surface area contributed by atoms with Crippen molar-refractivity contribution in [2.75, 3.05) is 5.75 Å². The van der Waals surface area contributed by atoms with Gasteiger partial charge in [-0.05, 0) is 17.7 Å². The first kappa shape index (κ1) is 14.4. The van der Waals surface area contributed by atoms with Crippen molar-refractivity contribution >= 4 is 17.7 Å². The Labute approximate surface area is 123 Å². The van der Waals surface area contributed by atoms with Gasteiger partial charge in [0.05, 0.1) is 0 Å². The molecular formula is C17H16O2S. The largest absolute Gasteiger partial charge is 0.423 e. The molecule has 0 saturated heterocycles. The Morgan fingerprint density at radius 2 is 1.60 bits per heavy atom. The summed E-state index contributed by atoms with van der Waals surface area (Å²) in [7, 11) is 0. The molecule has 0 fully saturated rings. The normalized spacial score (nSPS) is 10.0. The molecule has 20 heavy (non-hydrogen) atoms. The van der Waals surface area contributed by atoms with Crippen LogP contribution < -0.4 is 4.74 Å². The second-order valence-corrected chi connectivity index (χ2v) is 5.27.